The first-order valence-electron chi connectivity index (χ1n) is 11.6. The van der Waals surface area contributed by atoms with E-state index in [1.165, 1.54) is 23.1 Å². The van der Waals surface area contributed by atoms with Gasteiger partial charge < -0.3 is 14.9 Å². The van der Waals surface area contributed by atoms with Crippen molar-refractivity contribution in [3.05, 3.63) is 84.1 Å². The summed E-state index contributed by atoms with van der Waals surface area (Å²) in [5, 5.41) is 4.64. The average molecular weight is 450 g/mol. The van der Waals surface area contributed by atoms with Gasteiger partial charge in [-0.3, -0.25) is 4.90 Å². The van der Waals surface area contributed by atoms with Crippen LogP contribution in [0.1, 0.15) is 24.0 Å². The molecule has 2 aromatic heterocycles. The predicted octanol–water partition coefficient (Wildman–Crippen LogP) is 4.47. The van der Waals surface area contributed by atoms with Crippen molar-refractivity contribution in [3.8, 4) is 5.69 Å². The molecule has 1 atom stereocenters. The summed E-state index contributed by atoms with van der Waals surface area (Å²) in [6, 6.07) is 11.0. The molecular weight excluding hydrogens is 420 g/mol. The quantitative estimate of drug-likeness (QED) is 0.417. The fraction of sp³-hybridized carbons (Fsp3) is 0.346. The number of H-pyrrole nitrogens is 1. The van der Waals surface area contributed by atoms with Crippen molar-refractivity contribution in [2.45, 2.75) is 31.7 Å². The van der Waals surface area contributed by atoms with Crippen molar-refractivity contribution in [1.82, 2.24) is 24.8 Å². The number of hydrogen-bond acceptors (Lipinski definition) is 3. The number of nitrogens with one attached hydrogen (secondary N) is 2. The Kier molecular flexibility index (Phi) is 6.51. The minimum Gasteiger partial charge on any atom is -0.361 e. The zero-order valence-corrected chi connectivity index (χ0v) is 18.6. The van der Waals surface area contributed by atoms with Crippen molar-refractivity contribution in [3.63, 3.8) is 0 Å². The number of aromatic nitrogens is 3. The van der Waals surface area contributed by atoms with Gasteiger partial charge in [0, 0.05) is 67.4 Å². The molecule has 0 saturated carbocycles. The molecule has 1 saturated heterocycles. The minimum absolute atomic E-state index is 0.309. The maximum absolute atomic E-state index is 13.8. The van der Waals surface area contributed by atoms with Gasteiger partial charge in [-0.05, 0) is 67.1 Å². The first kappa shape index (κ1) is 21.8. The highest BCUT2D eigenvalue weighted by molar-refractivity contribution is 5.85. The van der Waals surface area contributed by atoms with E-state index in [1.807, 2.05) is 17.1 Å². The number of halogens is 2. The molecule has 172 valence electrons. The normalized spacial score (nSPS) is 15.8. The molecule has 3 heterocycles. The number of aromatic amines is 1. The van der Waals surface area contributed by atoms with E-state index in [4.69, 9.17) is 0 Å². The molecule has 7 heteroatoms. The van der Waals surface area contributed by atoms with Gasteiger partial charge in [-0.15, -0.1) is 0 Å². The van der Waals surface area contributed by atoms with Crippen molar-refractivity contribution in [1.29, 1.82) is 0 Å². The third kappa shape index (κ3) is 4.99. The van der Waals surface area contributed by atoms with E-state index < -0.39 is 11.6 Å². The molecular formula is C26H29F2N5. The number of piperazine rings is 1. The van der Waals surface area contributed by atoms with Gasteiger partial charge in [-0.2, -0.15) is 0 Å². The second-order valence-electron chi connectivity index (χ2n) is 8.80. The average Bonchev–Trinajstić information content (AvgIpc) is 3.51. The monoisotopic (exact) mass is 449 g/mol. The highest BCUT2D eigenvalue weighted by Crippen LogP contribution is 2.25. The Labute approximate surface area is 192 Å². The van der Waals surface area contributed by atoms with Crippen LogP contribution in [0.25, 0.3) is 16.6 Å². The summed E-state index contributed by atoms with van der Waals surface area (Å²) in [6.45, 7) is 3.90. The number of hydrogen-bond donors (Lipinski definition) is 2. The predicted molar refractivity (Wildman–Crippen MR) is 127 cm³/mol. The smallest absolute Gasteiger partial charge is 0.159 e. The Hall–Kier alpha value is -3.03. The largest absolute Gasteiger partial charge is 0.361 e. The van der Waals surface area contributed by atoms with Crippen molar-refractivity contribution in [2.75, 3.05) is 26.2 Å². The molecule has 1 fully saturated rings. The van der Waals surface area contributed by atoms with Crippen LogP contribution in [0.3, 0.4) is 0 Å². The van der Waals surface area contributed by atoms with Crippen LogP contribution in [0.15, 0.2) is 61.3 Å². The molecule has 0 bridgehead atoms. The van der Waals surface area contributed by atoms with Crippen molar-refractivity contribution in [2.24, 2.45) is 0 Å². The number of rotatable bonds is 8. The van der Waals surface area contributed by atoms with E-state index in [2.05, 4.69) is 44.6 Å². The molecule has 0 aliphatic carbocycles. The van der Waals surface area contributed by atoms with Crippen LogP contribution >= 0.6 is 0 Å². The van der Waals surface area contributed by atoms with Crippen LogP contribution in [0, 0.1) is 11.6 Å². The molecule has 33 heavy (non-hydrogen) atoms. The standard InChI is InChI=1S/C26H29F2N5/c27-24-6-4-19(15-25(24)28)14-21(32-11-8-29-9-12-32)3-1-2-20-17-31-26-7-5-22(16-23(20)26)33-13-10-30-18-33/h4-7,10,13,15-18,21,29,31H,1-3,8-9,11-12,14H2. The summed E-state index contributed by atoms with van der Waals surface area (Å²) in [4.78, 5) is 10.0. The van der Waals surface area contributed by atoms with E-state index in [-0.39, 0.29) is 0 Å². The topological polar surface area (TPSA) is 48.9 Å². The van der Waals surface area contributed by atoms with Gasteiger partial charge in [0.25, 0.3) is 0 Å². The Morgan fingerprint density at radius 3 is 2.70 bits per heavy atom. The highest BCUT2D eigenvalue weighted by atomic mass is 19.2. The molecule has 2 N–H and O–H groups in total. The highest BCUT2D eigenvalue weighted by Gasteiger charge is 2.21. The molecule has 1 aliphatic rings. The first-order chi connectivity index (χ1) is 16.2. The number of aryl methyl sites for hydroxylation is 1. The summed E-state index contributed by atoms with van der Waals surface area (Å²) in [6.07, 6.45) is 11.4. The van der Waals surface area contributed by atoms with Crippen LogP contribution < -0.4 is 5.32 Å². The van der Waals surface area contributed by atoms with Gasteiger partial charge in [0.1, 0.15) is 0 Å². The lowest BCUT2D eigenvalue weighted by Gasteiger charge is -2.35. The van der Waals surface area contributed by atoms with E-state index >= 15 is 0 Å². The number of imidazole rings is 1. The minimum atomic E-state index is -0.785. The van der Waals surface area contributed by atoms with Crippen LogP contribution in [-0.2, 0) is 12.8 Å². The molecule has 4 aromatic rings. The van der Waals surface area contributed by atoms with E-state index in [9.17, 15) is 8.78 Å². The van der Waals surface area contributed by atoms with Gasteiger partial charge in [0.2, 0.25) is 0 Å². The van der Waals surface area contributed by atoms with Crippen molar-refractivity contribution >= 4 is 10.9 Å². The third-order valence-electron chi connectivity index (χ3n) is 6.66. The summed E-state index contributed by atoms with van der Waals surface area (Å²) in [5.74, 6) is -1.55. The van der Waals surface area contributed by atoms with Crippen LogP contribution in [0.2, 0.25) is 0 Å². The van der Waals surface area contributed by atoms with E-state index in [1.54, 1.807) is 12.3 Å². The Morgan fingerprint density at radius 1 is 1.03 bits per heavy atom. The number of fused-ring (bicyclic) bond motifs is 1. The van der Waals surface area contributed by atoms with Gasteiger partial charge in [-0.25, -0.2) is 13.8 Å². The number of benzene rings is 2. The molecule has 5 rings (SSSR count). The zero-order valence-electron chi connectivity index (χ0n) is 18.6. The summed E-state index contributed by atoms with van der Waals surface area (Å²) in [5.41, 5.74) is 4.39. The Bertz CT molecular complexity index is 1190. The summed E-state index contributed by atoms with van der Waals surface area (Å²) in [7, 11) is 0. The molecule has 0 radical (unpaired) electrons. The Morgan fingerprint density at radius 2 is 1.91 bits per heavy atom. The van der Waals surface area contributed by atoms with Crippen LogP contribution in [0.5, 0.6) is 0 Å². The first-order valence-corrected chi connectivity index (χ1v) is 11.6. The molecule has 0 spiro atoms. The second-order valence-corrected chi connectivity index (χ2v) is 8.80. The SMILES string of the molecule is Fc1ccc(CC(CCCc2c[nH]c3ccc(-n4ccnc4)cc23)N2CCNCC2)cc1F. The zero-order chi connectivity index (χ0) is 22.6. The molecule has 1 unspecified atom stereocenters. The van der Waals surface area contributed by atoms with Gasteiger partial charge in [-0.1, -0.05) is 6.07 Å². The van der Waals surface area contributed by atoms with E-state index in [0.29, 0.717) is 6.04 Å². The van der Waals surface area contributed by atoms with Crippen molar-refractivity contribution < 1.29 is 8.78 Å². The fourth-order valence-corrected chi connectivity index (χ4v) is 4.87. The summed E-state index contributed by atoms with van der Waals surface area (Å²) < 4.78 is 29.2. The molecule has 5 nitrogen and oxygen atoms in total. The summed E-state index contributed by atoms with van der Waals surface area (Å²) >= 11 is 0. The number of nitrogens with zero attached hydrogens (tertiary/aromatic N) is 3. The molecule has 2 aromatic carbocycles. The van der Waals surface area contributed by atoms with Crippen LogP contribution in [-0.4, -0.2) is 51.7 Å². The van der Waals surface area contributed by atoms with Gasteiger partial charge in [0.05, 0.1) is 6.33 Å². The fourth-order valence-electron chi connectivity index (χ4n) is 4.87. The van der Waals surface area contributed by atoms with E-state index in [0.717, 1.165) is 68.6 Å². The Balaban J connectivity index is 1.29. The maximum Gasteiger partial charge on any atom is 0.159 e. The van der Waals surface area contributed by atoms with Gasteiger partial charge >= 0.3 is 0 Å². The second kappa shape index (κ2) is 9.85. The lowest BCUT2D eigenvalue weighted by atomic mass is 9.97. The molecule has 1 aliphatic heterocycles. The molecule has 0 amide bonds. The lowest BCUT2D eigenvalue weighted by Crippen LogP contribution is -2.49. The lowest BCUT2D eigenvalue weighted by molar-refractivity contribution is 0.161. The third-order valence-corrected chi connectivity index (χ3v) is 6.66. The van der Waals surface area contributed by atoms with Crippen LogP contribution in [0.4, 0.5) is 8.78 Å². The maximum atomic E-state index is 13.8. The van der Waals surface area contributed by atoms with Gasteiger partial charge in [0.15, 0.2) is 11.6 Å².